The number of likely N-dealkylation sites (N-methyl/N-ethyl adjacent to an activating group) is 1. The van der Waals surface area contributed by atoms with Crippen LogP contribution in [0.4, 0.5) is 0 Å². The lowest BCUT2D eigenvalue weighted by Gasteiger charge is -2.24. The van der Waals surface area contributed by atoms with Crippen molar-refractivity contribution in [1.29, 1.82) is 0 Å². The minimum atomic E-state index is -0.327. The first-order valence-corrected chi connectivity index (χ1v) is 9.02. The molecule has 25 heavy (non-hydrogen) atoms. The van der Waals surface area contributed by atoms with Gasteiger partial charge in [-0.1, -0.05) is 6.07 Å². The average molecular weight is 360 g/mol. The second-order valence-electron chi connectivity index (χ2n) is 6.77. The third-order valence-corrected chi connectivity index (χ3v) is 4.56. The largest absolute Gasteiger partial charge is 0.350 e. The molecule has 0 aliphatic carbocycles. The number of carbonyl (C=O) groups is 2. The Morgan fingerprint density at radius 1 is 1.28 bits per heavy atom. The van der Waals surface area contributed by atoms with Crippen LogP contribution in [-0.2, 0) is 4.79 Å². The molecule has 2 aromatic heterocycles. The van der Waals surface area contributed by atoms with Crippen LogP contribution in [0.25, 0.3) is 10.7 Å². The van der Waals surface area contributed by atoms with E-state index in [1.165, 1.54) is 16.2 Å². The highest BCUT2D eigenvalue weighted by Crippen LogP contribution is 2.27. The van der Waals surface area contributed by atoms with E-state index in [4.69, 9.17) is 0 Å². The number of nitrogens with zero attached hydrogens (tertiary/aromatic N) is 3. The summed E-state index contributed by atoms with van der Waals surface area (Å²) in [6.07, 6.45) is 1.70. The number of hydrogen-bond donors (Lipinski definition) is 1. The molecular formula is C18H24N4O2S. The number of aryl methyl sites for hydroxylation is 1. The van der Waals surface area contributed by atoms with Gasteiger partial charge < -0.3 is 10.2 Å². The number of aromatic nitrogens is 2. The van der Waals surface area contributed by atoms with Crippen molar-refractivity contribution in [3.8, 4) is 10.7 Å². The lowest BCUT2D eigenvalue weighted by Crippen LogP contribution is -2.47. The Labute approximate surface area is 152 Å². The van der Waals surface area contributed by atoms with Crippen molar-refractivity contribution in [3.63, 3.8) is 0 Å². The van der Waals surface area contributed by atoms with Crippen LogP contribution in [0, 0.1) is 6.92 Å². The van der Waals surface area contributed by atoms with Gasteiger partial charge in [0.1, 0.15) is 9.88 Å². The Kier molecular flexibility index (Phi) is 5.89. The second kappa shape index (κ2) is 7.74. The first-order valence-electron chi connectivity index (χ1n) is 8.20. The molecule has 2 aromatic rings. The summed E-state index contributed by atoms with van der Waals surface area (Å²) in [5.74, 6) is -0.349. The molecule has 0 aliphatic heterocycles. The van der Waals surface area contributed by atoms with Crippen molar-refractivity contribution < 1.29 is 9.59 Å². The van der Waals surface area contributed by atoms with E-state index in [0.29, 0.717) is 22.1 Å². The zero-order valence-corrected chi connectivity index (χ0v) is 16.1. The molecule has 0 saturated heterocycles. The van der Waals surface area contributed by atoms with E-state index in [-0.39, 0.29) is 23.9 Å². The molecule has 0 radical (unpaired) electrons. The van der Waals surface area contributed by atoms with Crippen molar-refractivity contribution in [3.05, 3.63) is 35.0 Å². The molecule has 0 aliphatic rings. The van der Waals surface area contributed by atoms with E-state index in [1.54, 1.807) is 13.1 Å². The molecule has 0 atom stereocenters. The highest BCUT2D eigenvalue weighted by molar-refractivity contribution is 7.17. The monoisotopic (exact) mass is 360 g/mol. The summed E-state index contributed by atoms with van der Waals surface area (Å²) in [6.45, 7) is 9.88. The average Bonchev–Trinajstić information content (AvgIpc) is 2.93. The fourth-order valence-corrected chi connectivity index (χ4v) is 3.31. The lowest BCUT2D eigenvalue weighted by atomic mass is 10.1. The SMILES string of the molecule is CCN(CC(=O)NC(C)(C)C)C(=O)c1sc(-c2ccccn2)nc1C. The maximum atomic E-state index is 12.8. The van der Waals surface area contributed by atoms with Crippen molar-refractivity contribution >= 4 is 23.2 Å². The summed E-state index contributed by atoms with van der Waals surface area (Å²) in [7, 11) is 0. The van der Waals surface area contributed by atoms with Crippen LogP contribution in [0.5, 0.6) is 0 Å². The van der Waals surface area contributed by atoms with Crippen LogP contribution in [0.2, 0.25) is 0 Å². The summed E-state index contributed by atoms with van der Waals surface area (Å²) in [6, 6.07) is 5.58. The Hall–Kier alpha value is -2.28. The molecule has 0 aromatic carbocycles. The minimum absolute atomic E-state index is 0.0306. The van der Waals surface area contributed by atoms with Gasteiger partial charge in [-0.05, 0) is 46.8 Å². The van der Waals surface area contributed by atoms with Crippen LogP contribution < -0.4 is 5.32 Å². The Morgan fingerprint density at radius 3 is 2.56 bits per heavy atom. The third kappa shape index (κ3) is 5.09. The number of rotatable bonds is 5. The van der Waals surface area contributed by atoms with Crippen LogP contribution in [0.3, 0.4) is 0 Å². The third-order valence-electron chi connectivity index (χ3n) is 3.39. The second-order valence-corrected chi connectivity index (χ2v) is 7.77. The number of hydrogen-bond acceptors (Lipinski definition) is 5. The summed E-state index contributed by atoms with van der Waals surface area (Å²) in [5.41, 5.74) is 1.07. The van der Waals surface area contributed by atoms with Crippen molar-refractivity contribution in [1.82, 2.24) is 20.2 Å². The van der Waals surface area contributed by atoms with Gasteiger partial charge in [0.2, 0.25) is 5.91 Å². The van der Waals surface area contributed by atoms with E-state index >= 15 is 0 Å². The molecular weight excluding hydrogens is 336 g/mol. The zero-order valence-electron chi connectivity index (χ0n) is 15.3. The molecule has 6 nitrogen and oxygen atoms in total. The van der Waals surface area contributed by atoms with Gasteiger partial charge in [-0.15, -0.1) is 11.3 Å². The van der Waals surface area contributed by atoms with Gasteiger partial charge in [-0.2, -0.15) is 0 Å². The topological polar surface area (TPSA) is 75.2 Å². The van der Waals surface area contributed by atoms with Gasteiger partial charge in [0.05, 0.1) is 17.9 Å². The standard InChI is InChI=1S/C18H24N4O2S/c1-6-22(11-14(23)21-18(3,4)5)17(24)15-12(2)20-16(25-15)13-9-7-8-10-19-13/h7-10H,6,11H2,1-5H3,(H,21,23). The Bertz CT molecular complexity index is 750. The van der Waals surface area contributed by atoms with Crippen molar-refractivity contribution in [2.75, 3.05) is 13.1 Å². The van der Waals surface area contributed by atoms with Crippen LogP contribution in [0.15, 0.2) is 24.4 Å². The Balaban J connectivity index is 2.18. The summed E-state index contributed by atoms with van der Waals surface area (Å²) in [4.78, 5) is 35.8. The van der Waals surface area contributed by atoms with E-state index < -0.39 is 0 Å². The molecule has 0 spiro atoms. The van der Waals surface area contributed by atoms with Gasteiger partial charge in [-0.25, -0.2) is 4.98 Å². The maximum absolute atomic E-state index is 12.8. The summed E-state index contributed by atoms with van der Waals surface area (Å²) in [5, 5.41) is 3.59. The first-order chi connectivity index (χ1) is 11.7. The Morgan fingerprint density at radius 2 is 2.00 bits per heavy atom. The highest BCUT2D eigenvalue weighted by Gasteiger charge is 2.24. The molecule has 2 rings (SSSR count). The van der Waals surface area contributed by atoms with E-state index in [0.717, 1.165) is 5.69 Å². The van der Waals surface area contributed by atoms with Gasteiger partial charge in [0.25, 0.3) is 5.91 Å². The number of nitrogens with one attached hydrogen (secondary N) is 1. The van der Waals surface area contributed by atoms with Crippen LogP contribution in [-0.4, -0.2) is 45.3 Å². The summed E-state index contributed by atoms with van der Waals surface area (Å²) >= 11 is 1.31. The molecule has 0 unspecified atom stereocenters. The molecule has 2 heterocycles. The highest BCUT2D eigenvalue weighted by atomic mass is 32.1. The van der Waals surface area contributed by atoms with Crippen LogP contribution in [0.1, 0.15) is 43.1 Å². The van der Waals surface area contributed by atoms with Crippen molar-refractivity contribution in [2.45, 2.75) is 40.2 Å². The van der Waals surface area contributed by atoms with Gasteiger partial charge in [-0.3, -0.25) is 14.6 Å². The predicted molar refractivity (Wildman–Crippen MR) is 99.6 cm³/mol. The van der Waals surface area contributed by atoms with E-state index in [1.807, 2.05) is 45.9 Å². The molecule has 0 bridgehead atoms. The molecule has 0 fully saturated rings. The smallest absolute Gasteiger partial charge is 0.266 e. The quantitative estimate of drug-likeness (QED) is 0.890. The summed E-state index contributed by atoms with van der Waals surface area (Å²) < 4.78 is 0. The maximum Gasteiger partial charge on any atom is 0.266 e. The van der Waals surface area contributed by atoms with Gasteiger partial charge in [0, 0.05) is 18.3 Å². The fraction of sp³-hybridized carbons (Fsp3) is 0.444. The zero-order chi connectivity index (χ0) is 18.6. The van der Waals surface area contributed by atoms with E-state index in [9.17, 15) is 9.59 Å². The van der Waals surface area contributed by atoms with E-state index in [2.05, 4.69) is 15.3 Å². The first kappa shape index (κ1) is 19.1. The number of thiazole rings is 1. The lowest BCUT2D eigenvalue weighted by molar-refractivity contribution is -0.123. The van der Waals surface area contributed by atoms with Gasteiger partial charge >= 0.3 is 0 Å². The molecule has 7 heteroatoms. The molecule has 2 amide bonds. The van der Waals surface area contributed by atoms with Crippen LogP contribution >= 0.6 is 11.3 Å². The fourth-order valence-electron chi connectivity index (χ4n) is 2.30. The molecule has 0 saturated carbocycles. The molecule has 1 N–H and O–H groups in total. The number of amides is 2. The predicted octanol–water partition coefficient (Wildman–Crippen LogP) is 2.89. The normalized spacial score (nSPS) is 11.2. The van der Waals surface area contributed by atoms with Gasteiger partial charge in [0.15, 0.2) is 0 Å². The number of carbonyl (C=O) groups excluding carboxylic acids is 2. The molecule has 134 valence electrons. The number of pyridine rings is 1. The minimum Gasteiger partial charge on any atom is -0.350 e. The van der Waals surface area contributed by atoms with Crippen molar-refractivity contribution in [2.24, 2.45) is 0 Å².